The van der Waals surface area contributed by atoms with Crippen LogP contribution in [0.15, 0.2) is 0 Å². The molecular weight excluding hydrogens is 126 g/mol. The van der Waals surface area contributed by atoms with Crippen molar-refractivity contribution < 1.29 is 5.11 Å². The Morgan fingerprint density at radius 2 is 1.10 bits per heavy atom. The predicted molar refractivity (Wildman–Crippen MR) is 48.3 cm³/mol. The lowest BCUT2D eigenvalue weighted by Gasteiger charge is -2.13. The van der Waals surface area contributed by atoms with Crippen molar-refractivity contribution in [3.05, 3.63) is 0 Å². The molecule has 2 heteroatoms. The van der Waals surface area contributed by atoms with Crippen LogP contribution in [0.2, 0.25) is 0 Å². The Bertz CT molecular complexity index is 30.7. The molecule has 10 heavy (non-hydrogen) atoms. The lowest BCUT2D eigenvalue weighted by molar-refractivity contribution is 0.321. The molecule has 0 heterocycles. The highest BCUT2D eigenvalue weighted by atomic mass is 16.2. The largest absolute Gasteiger partial charge is 0.400 e. The minimum Gasteiger partial charge on any atom is -0.400 e. The van der Waals surface area contributed by atoms with Gasteiger partial charge in [0.05, 0.1) is 0 Å². The lowest BCUT2D eigenvalue weighted by Crippen LogP contribution is -2.21. The molecule has 0 aliphatic carbocycles. The summed E-state index contributed by atoms with van der Waals surface area (Å²) >= 11 is 0. The normalized spacial score (nSPS) is 7.80. The van der Waals surface area contributed by atoms with Crippen LogP contribution in [0.3, 0.4) is 0 Å². The van der Waals surface area contributed by atoms with Crippen molar-refractivity contribution in [2.75, 3.05) is 26.7 Å². The summed E-state index contributed by atoms with van der Waals surface area (Å²) in [4.78, 5) is 2.38. The number of nitrogens with zero attached hydrogens (tertiary/aromatic N) is 1. The molecule has 0 aromatic carbocycles. The number of hydrogen-bond donors (Lipinski definition) is 1. The van der Waals surface area contributed by atoms with Gasteiger partial charge >= 0.3 is 0 Å². The molecule has 0 spiro atoms. The van der Waals surface area contributed by atoms with E-state index < -0.39 is 0 Å². The molecule has 0 unspecified atom stereocenters. The topological polar surface area (TPSA) is 23.5 Å². The van der Waals surface area contributed by atoms with E-state index >= 15 is 0 Å². The van der Waals surface area contributed by atoms with E-state index in [1.807, 2.05) is 0 Å². The quantitative estimate of drug-likeness (QED) is 0.658. The third kappa shape index (κ3) is 10.8. The Morgan fingerprint density at radius 1 is 0.900 bits per heavy atom. The molecule has 0 radical (unpaired) electrons. The van der Waals surface area contributed by atoms with Gasteiger partial charge in [-0.3, -0.25) is 0 Å². The molecule has 0 atom stereocenters. The van der Waals surface area contributed by atoms with E-state index in [0.717, 1.165) is 7.11 Å². The van der Waals surface area contributed by atoms with Crippen LogP contribution in [0.4, 0.5) is 0 Å². The van der Waals surface area contributed by atoms with Gasteiger partial charge in [0.2, 0.25) is 0 Å². The molecule has 0 saturated heterocycles. The molecule has 0 aliphatic heterocycles. The summed E-state index contributed by atoms with van der Waals surface area (Å²) in [6, 6.07) is 0. The highest BCUT2D eigenvalue weighted by Crippen LogP contribution is 1.81. The first kappa shape index (κ1) is 16.5. The van der Waals surface area contributed by atoms with Crippen LogP contribution in [-0.4, -0.2) is 36.8 Å². The number of aliphatic hydroxyl groups excluding tert-OH is 1. The highest BCUT2D eigenvalue weighted by molar-refractivity contribution is 4.43. The summed E-state index contributed by atoms with van der Waals surface area (Å²) in [5.41, 5.74) is 0. The van der Waals surface area contributed by atoms with E-state index in [9.17, 15) is 0 Å². The maximum absolute atomic E-state index is 7.00. The molecule has 0 bridgehead atoms. The van der Waals surface area contributed by atoms with Gasteiger partial charge < -0.3 is 10.0 Å². The van der Waals surface area contributed by atoms with E-state index in [1.165, 1.54) is 19.6 Å². The number of aliphatic hydroxyl groups is 1. The molecule has 2 nitrogen and oxygen atoms in total. The third-order valence-corrected chi connectivity index (χ3v) is 1.34. The van der Waals surface area contributed by atoms with Crippen molar-refractivity contribution in [1.82, 2.24) is 4.90 Å². The second kappa shape index (κ2) is 16.0. The second-order valence-corrected chi connectivity index (χ2v) is 1.62. The molecule has 66 valence electrons. The van der Waals surface area contributed by atoms with Gasteiger partial charge in [0.15, 0.2) is 0 Å². The molecule has 0 saturated carbocycles. The summed E-state index contributed by atoms with van der Waals surface area (Å²) in [6.07, 6.45) is 0. The summed E-state index contributed by atoms with van der Waals surface area (Å²) in [7, 11) is 1.00. The minimum absolute atomic E-state index is 0. The van der Waals surface area contributed by atoms with Crippen LogP contribution < -0.4 is 0 Å². The number of hydrogen-bond acceptors (Lipinski definition) is 2. The van der Waals surface area contributed by atoms with Gasteiger partial charge in [-0.2, -0.15) is 0 Å². The number of rotatable bonds is 3. The zero-order valence-electron chi connectivity index (χ0n) is 7.02. The molecular formula is C8H23NO. The smallest absolute Gasteiger partial charge is 0.0319 e. The minimum atomic E-state index is 0. The lowest BCUT2D eigenvalue weighted by atomic mass is 10.5. The van der Waals surface area contributed by atoms with Crippen LogP contribution in [-0.2, 0) is 0 Å². The van der Waals surface area contributed by atoms with Crippen molar-refractivity contribution in [1.29, 1.82) is 0 Å². The van der Waals surface area contributed by atoms with Crippen molar-refractivity contribution >= 4 is 0 Å². The second-order valence-electron chi connectivity index (χ2n) is 1.62. The highest BCUT2D eigenvalue weighted by Gasteiger charge is 1.89. The van der Waals surface area contributed by atoms with Crippen LogP contribution in [0.1, 0.15) is 28.2 Å². The predicted octanol–water partition coefficient (Wildman–Crippen LogP) is 1.59. The fourth-order valence-corrected chi connectivity index (χ4v) is 0.671. The van der Waals surface area contributed by atoms with Crippen molar-refractivity contribution in [2.45, 2.75) is 28.2 Å². The first-order valence-corrected chi connectivity index (χ1v) is 3.52. The zero-order chi connectivity index (χ0) is 7.70. The Hall–Kier alpha value is -0.0800. The van der Waals surface area contributed by atoms with E-state index in [0.29, 0.717) is 0 Å². The maximum Gasteiger partial charge on any atom is 0.0319 e. The average Bonchev–Trinajstić information content (AvgIpc) is 1.96. The van der Waals surface area contributed by atoms with E-state index in [1.54, 1.807) is 0 Å². The van der Waals surface area contributed by atoms with Crippen LogP contribution in [0.25, 0.3) is 0 Å². The molecule has 0 aromatic heterocycles. The van der Waals surface area contributed by atoms with E-state index in [2.05, 4.69) is 25.7 Å². The van der Waals surface area contributed by atoms with Crippen LogP contribution in [0.5, 0.6) is 0 Å². The first-order valence-electron chi connectivity index (χ1n) is 3.52. The van der Waals surface area contributed by atoms with Gasteiger partial charge in [-0.25, -0.2) is 0 Å². The maximum atomic E-state index is 7.00. The van der Waals surface area contributed by atoms with Gasteiger partial charge in [-0.15, -0.1) is 0 Å². The van der Waals surface area contributed by atoms with E-state index in [4.69, 9.17) is 5.11 Å². The van der Waals surface area contributed by atoms with Crippen molar-refractivity contribution in [3.8, 4) is 0 Å². The molecule has 0 fully saturated rings. The molecule has 0 aromatic rings. The third-order valence-electron chi connectivity index (χ3n) is 1.34. The average molecular weight is 149 g/mol. The molecule has 1 N–H and O–H groups in total. The Morgan fingerprint density at radius 3 is 1.10 bits per heavy atom. The van der Waals surface area contributed by atoms with E-state index in [-0.39, 0.29) is 7.43 Å². The summed E-state index contributed by atoms with van der Waals surface area (Å²) in [6.45, 7) is 10.1. The van der Waals surface area contributed by atoms with Gasteiger partial charge in [0.1, 0.15) is 0 Å². The fourth-order valence-electron chi connectivity index (χ4n) is 0.671. The summed E-state index contributed by atoms with van der Waals surface area (Å²) in [5, 5.41) is 7.00. The molecule has 0 aliphatic rings. The van der Waals surface area contributed by atoms with Gasteiger partial charge in [0, 0.05) is 7.11 Å². The van der Waals surface area contributed by atoms with Crippen LogP contribution in [0, 0.1) is 0 Å². The molecule has 0 amide bonds. The SMILES string of the molecule is C.CCN(CC)CC.CO. The van der Waals surface area contributed by atoms with Crippen molar-refractivity contribution in [2.24, 2.45) is 0 Å². The summed E-state index contributed by atoms with van der Waals surface area (Å²) in [5.74, 6) is 0. The first-order chi connectivity index (χ1) is 4.35. The standard InChI is InChI=1S/C6H15N.CH4O.CH4/c1-4-7(5-2)6-3;1-2;/h4-6H2,1-3H3;2H,1H3;1H4. The Balaban J connectivity index is -0.000000149. The van der Waals surface area contributed by atoms with Gasteiger partial charge in [-0.1, -0.05) is 28.2 Å². The molecule has 0 rings (SSSR count). The summed E-state index contributed by atoms with van der Waals surface area (Å²) < 4.78 is 0. The van der Waals surface area contributed by atoms with Crippen molar-refractivity contribution in [3.63, 3.8) is 0 Å². The van der Waals surface area contributed by atoms with Crippen LogP contribution >= 0.6 is 0 Å². The Kier molecular flexibility index (Phi) is 26.3. The van der Waals surface area contributed by atoms with Gasteiger partial charge in [-0.05, 0) is 19.6 Å². The Labute approximate surface area is 65.9 Å². The zero-order valence-corrected chi connectivity index (χ0v) is 7.02. The monoisotopic (exact) mass is 149 g/mol. The van der Waals surface area contributed by atoms with Gasteiger partial charge in [0.25, 0.3) is 0 Å². The fraction of sp³-hybridized carbons (Fsp3) is 1.00.